The van der Waals surface area contributed by atoms with Crippen LogP contribution in [0.2, 0.25) is 0 Å². The summed E-state index contributed by atoms with van der Waals surface area (Å²) in [4.78, 5) is 0. The van der Waals surface area contributed by atoms with Crippen LogP contribution in [0.25, 0.3) is 0 Å². The van der Waals surface area contributed by atoms with Crippen molar-refractivity contribution in [2.24, 2.45) is 0 Å². The van der Waals surface area contributed by atoms with E-state index in [9.17, 15) is 8.78 Å². The minimum absolute atomic E-state index is 0.0616. The molecule has 0 saturated heterocycles. The molecule has 0 heterocycles. The monoisotopic (exact) mass is 429 g/mol. The fourth-order valence-electron chi connectivity index (χ4n) is 3.88. The van der Waals surface area contributed by atoms with Gasteiger partial charge in [-0.3, -0.25) is 0 Å². The fourth-order valence-corrected chi connectivity index (χ4v) is 3.88. The highest BCUT2D eigenvalue weighted by molar-refractivity contribution is 5.51. The number of rotatable bonds is 11. The molecule has 2 aromatic rings. The number of methoxy groups -OCH3 is 1. The molecule has 1 atom stereocenters. The minimum atomic E-state index is -0.187. The van der Waals surface area contributed by atoms with Crippen LogP contribution in [0.4, 0.5) is 14.5 Å². The van der Waals surface area contributed by atoms with E-state index in [0.717, 1.165) is 49.1 Å². The maximum absolute atomic E-state index is 14.0. The van der Waals surface area contributed by atoms with Gasteiger partial charge in [-0.15, -0.1) is 0 Å². The number of benzene rings is 2. The van der Waals surface area contributed by atoms with Gasteiger partial charge in [0.25, 0.3) is 0 Å². The van der Waals surface area contributed by atoms with Crippen LogP contribution in [0.1, 0.15) is 54.4 Å². The number of anilines is 1. The summed E-state index contributed by atoms with van der Waals surface area (Å²) in [6.45, 7) is 6.48. The van der Waals surface area contributed by atoms with Crippen molar-refractivity contribution in [1.29, 1.82) is 0 Å². The number of nitrogens with one attached hydrogen (secondary N) is 1. The van der Waals surface area contributed by atoms with Crippen molar-refractivity contribution in [2.45, 2.75) is 65.5 Å². The number of allylic oxidation sites excluding steroid dienone is 1. The Morgan fingerprint density at radius 3 is 2.32 bits per heavy atom. The van der Waals surface area contributed by atoms with Gasteiger partial charge in [0.05, 0.1) is 19.8 Å². The molecule has 5 heteroatoms. The van der Waals surface area contributed by atoms with Crippen molar-refractivity contribution in [3.05, 3.63) is 75.6 Å². The standard InChI is InChI=1S/C26H33F2NO2/c1-17-13-20(8-11-23(17)27)16-31-12-6-5-7-24(26(30-4)21-9-10-21)29-22-14-18(2)25(28)19(3)15-22/h8,11,13-15,24,29H,5-7,9-10,12,16H2,1-4H3. The van der Waals surface area contributed by atoms with Gasteiger partial charge >= 0.3 is 0 Å². The predicted octanol–water partition coefficient (Wildman–Crippen LogP) is 6.75. The molecule has 1 saturated carbocycles. The molecule has 0 amide bonds. The number of unbranched alkanes of at least 4 members (excludes halogenated alkanes) is 1. The fraction of sp³-hybridized carbons (Fsp3) is 0.462. The summed E-state index contributed by atoms with van der Waals surface area (Å²) in [6.07, 6.45) is 4.97. The quantitative estimate of drug-likeness (QED) is 0.316. The third-order valence-corrected chi connectivity index (χ3v) is 5.68. The average molecular weight is 430 g/mol. The second-order valence-electron chi connectivity index (χ2n) is 8.42. The number of aryl methyl sites for hydroxylation is 3. The maximum atomic E-state index is 14.0. The molecule has 0 aromatic heterocycles. The van der Waals surface area contributed by atoms with Crippen molar-refractivity contribution in [3.63, 3.8) is 0 Å². The van der Waals surface area contributed by atoms with E-state index in [-0.39, 0.29) is 17.7 Å². The molecule has 0 aliphatic heterocycles. The Hall–Kier alpha value is -2.40. The summed E-state index contributed by atoms with van der Waals surface area (Å²) < 4.78 is 38.9. The van der Waals surface area contributed by atoms with Crippen LogP contribution in [0.5, 0.6) is 0 Å². The molecule has 2 aromatic carbocycles. The molecular formula is C26H33F2NO2. The SMILES string of the molecule is COC(=C1CC1)C(CCCCOCc1ccc(F)c(C)c1)Nc1cc(C)c(F)c(C)c1. The van der Waals surface area contributed by atoms with Crippen LogP contribution in [-0.4, -0.2) is 19.8 Å². The predicted molar refractivity (Wildman–Crippen MR) is 121 cm³/mol. The van der Waals surface area contributed by atoms with E-state index in [4.69, 9.17) is 9.47 Å². The Labute approximate surface area is 184 Å². The van der Waals surface area contributed by atoms with Gasteiger partial charge in [0.2, 0.25) is 0 Å². The van der Waals surface area contributed by atoms with Gasteiger partial charge in [0, 0.05) is 12.3 Å². The van der Waals surface area contributed by atoms with E-state index in [1.807, 2.05) is 18.2 Å². The third-order valence-electron chi connectivity index (χ3n) is 5.68. The topological polar surface area (TPSA) is 30.5 Å². The smallest absolute Gasteiger partial charge is 0.129 e. The van der Waals surface area contributed by atoms with Crippen molar-refractivity contribution >= 4 is 5.69 Å². The second kappa shape index (κ2) is 10.8. The van der Waals surface area contributed by atoms with Crippen LogP contribution in [0.15, 0.2) is 41.7 Å². The molecule has 0 radical (unpaired) electrons. The normalized spacial score (nSPS) is 13.8. The molecule has 31 heavy (non-hydrogen) atoms. The van der Waals surface area contributed by atoms with Gasteiger partial charge in [-0.25, -0.2) is 8.78 Å². The highest BCUT2D eigenvalue weighted by atomic mass is 19.1. The molecule has 1 unspecified atom stereocenters. The Bertz CT molecular complexity index is 910. The van der Waals surface area contributed by atoms with Crippen molar-refractivity contribution in [2.75, 3.05) is 19.0 Å². The average Bonchev–Trinajstić information content (AvgIpc) is 3.56. The Kier molecular flexibility index (Phi) is 8.08. The zero-order valence-electron chi connectivity index (χ0n) is 19.0. The zero-order chi connectivity index (χ0) is 22.4. The van der Waals surface area contributed by atoms with Gasteiger partial charge in [-0.1, -0.05) is 12.1 Å². The van der Waals surface area contributed by atoms with E-state index >= 15 is 0 Å². The lowest BCUT2D eigenvalue weighted by Gasteiger charge is -2.23. The van der Waals surface area contributed by atoms with Crippen LogP contribution < -0.4 is 5.32 Å². The molecule has 1 fully saturated rings. The largest absolute Gasteiger partial charge is 0.499 e. The highest BCUT2D eigenvalue weighted by Crippen LogP contribution is 2.35. The van der Waals surface area contributed by atoms with Crippen molar-refractivity contribution < 1.29 is 18.3 Å². The molecule has 0 spiro atoms. The first-order valence-electron chi connectivity index (χ1n) is 11.0. The zero-order valence-corrected chi connectivity index (χ0v) is 19.0. The molecule has 3 nitrogen and oxygen atoms in total. The summed E-state index contributed by atoms with van der Waals surface area (Å²) in [6, 6.07) is 8.85. The molecular weight excluding hydrogens is 396 g/mol. The molecule has 1 aliphatic carbocycles. The molecule has 3 rings (SSSR count). The lowest BCUT2D eigenvalue weighted by atomic mass is 10.0. The van der Waals surface area contributed by atoms with E-state index < -0.39 is 0 Å². The second-order valence-corrected chi connectivity index (χ2v) is 8.42. The number of hydrogen-bond acceptors (Lipinski definition) is 3. The lowest BCUT2D eigenvalue weighted by molar-refractivity contribution is 0.116. The lowest BCUT2D eigenvalue weighted by Crippen LogP contribution is -2.24. The van der Waals surface area contributed by atoms with E-state index in [0.29, 0.717) is 29.9 Å². The van der Waals surface area contributed by atoms with Crippen LogP contribution in [0, 0.1) is 32.4 Å². The molecule has 0 bridgehead atoms. The molecule has 1 aliphatic rings. The third kappa shape index (κ3) is 6.54. The highest BCUT2D eigenvalue weighted by Gasteiger charge is 2.25. The Balaban J connectivity index is 1.52. The van der Waals surface area contributed by atoms with Crippen LogP contribution in [-0.2, 0) is 16.1 Å². The van der Waals surface area contributed by atoms with Crippen molar-refractivity contribution in [1.82, 2.24) is 0 Å². The first kappa shape index (κ1) is 23.3. The van der Waals surface area contributed by atoms with Gasteiger partial charge in [-0.05, 0) is 98.9 Å². The Morgan fingerprint density at radius 1 is 1.00 bits per heavy atom. The first-order valence-corrected chi connectivity index (χ1v) is 11.0. The van der Waals surface area contributed by atoms with Gasteiger partial charge in [-0.2, -0.15) is 0 Å². The van der Waals surface area contributed by atoms with Crippen LogP contribution in [0.3, 0.4) is 0 Å². The number of ether oxygens (including phenoxy) is 2. The first-order chi connectivity index (χ1) is 14.9. The summed E-state index contributed by atoms with van der Waals surface area (Å²) in [5.41, 5.74) is 5.19. The summed E-state index contributed by atoms with van der Waals surface area (Å²) in [7, 11) is 1.73. The Morgan fingerprint density at radius 2 is 1.71 bits per heavy atom. The van der Waals surface area contributed by atoms with Crippen LogP contribution >= 0.6 is 0 Å². The van der Waals surface area contributed by atoms with E-state index in [1.54, 1.807) is 33.9 Å². The maximum Gasteiger partial charge on any atom is 0.129 e. The number of hydrogen-bond donors (Lipinski definition) is 1. The van der Waals surface area contributed by atoms with Crippen molar-refractivity contribution in [3.8, 4) is 0 Å². The summed E-state index contributed by atoms with van der Waals surface area (Å²) in [5, 5.41) is 3.56. The van der Waals surface area contributed by atoms with E-state index in [1.165, 1.54) is 11.6 Å². The minimum Gasteiger partial charge on any atom is -0.499 e. The van der Waals surface area contributed by atoms with E-state index in [2.05, 4.69) is 5.32 Å². The van der Waals surface area contributed by atoms with Gasteiger partial charge in [0.1, 0.15) is 17.4 Å². The van der Waals surface area contributed by atoms with Gasteiger partial charge < -0.3 is 14.8 Å². The van der Waals surface area contributed by atoms with Gasteiger partial charge in [0.15, 0.2) is 0 Å². The molecule has 168 valence electrons. The summed E-state index contributed by atoms with van der Waals surface area (Å²) >= 11 is 0. The summed E-state index contributed by atoms with van der Waals surface area (Å²) in [5.74, 6) is 0.679. The molecule has 1 N–H and O–H groups in total. The number of halogens is 2.